The van der Waals surface area contributed by atoms with Crippen LogP contribution in [0.2, 0.25) is 0 Å². The van der Waals surface area contributed by atoms with Gasteiger partial charge in [0.1, 0.15) is 4.83 Å². The van der Waals surface area contributed by atoms with Crippen LogP contribution in [0.25, 0.3) is 21.7 Å². The molecule has 4 aromatic rings. The Kier molecular flexibility index (Phi) is 5.73. The minimum absolute atomic E-state index is 0.0284. The third kappa shape index (κ3) is 3.97. The van der Waals surface area contributed by atoms with E-state index in [0.29, 0.717) is 29.0 Å². The first-order valence-corrected chi connectivity index (χ1v) is 12.2. The van der Waals surface area contributed by atoms with Gasteiger partial charge < -0.3 is 13.7 Å². The monoisotopic (exact) mass is 457 g/mol. The lowest BCUT2D eigenvalue weighted by Crippen LogP contribution is -2.29. The number of thioether (sulfide) groups is 1. The minimum atomic E-state index is 0.0284. The summed E-state index contributed by atoms with van der Waals surface area (Å²) < 4.78 is 18.4. The van der Waals surface area contributed by atoms with Gasteiger partial charge in [-0.2, -0.15) is 0 Å². The third-order valence-electron chi connectivity index (χ3n) is 5.51. The van der Waals surface area contributed by atoms with Crippen LogP contribution in [0.15, 0.2) is 43.4 Å². The fourth-order valence-corrected chi connectivity index (χ4v) is 6.02. The average Bonchev–Trinajstić information content (AvgIpc) is 3.55. The molecular formula is C22H23N3O4S2. The first-order valence-electron chi connectivity index (χ1n) is 10.4. The molecule has 0 N–H and O–H groups in total. The highest BCUT2D eigenvalue weighted by Crippen LogP contribution is 2.31. The number of furan rings is 1. The smallest absolute Gasteiger partial charge is 0.263 e. The van der Waals surface area contributed by atoms with E-state index in [4.69, 9.17) is 18.7 Å². The zero-order valence-corrected chi connectivity index (χ0v) is 19.1. The van der Waals surface area contributed by atoms with E-state index in [1.54, 1.807) is 22.2 Å². The van der Waals surface area contributed by atoms with Gasteiger partial charge in [0.25, 0.3) is 5.56 Å². The predicted octanol–water partition coefficient (Wildman–Crippen LogP) is 5.05. The molecule has 0 spiro atoms. The molecule has 4 aromatic heterocycles. The molecule has 5 rings (SSSR count). The van der Waals surface area contributed by atoms with Crippen LogP contribution >= 0.6 is 23.1 Å². The summed E-state index contributed by atoms with van der Waals surface area (Å²) in [6.07, 6.45) is 4.47. The number of rotatable bonds is 7. The van der Waals surface area contributed by atoms with E-state index in [2.05, 4.69) is 19.0 Å². The topological polar surface area (TPSA) is 83.3 Å². The summed E-state index contributed by atoms with van der Waals surface area (Å²) in [7, 11) is 0. The fourth-order valence-electron chi connectivity index (χ4n) is 3.97. The lowest BCUT2D eigenvalue weighted by molar-refractivity contribution is 0.0937. The normalized spacial score (nSPS) is 16.5. The molecule has 0 radical (unpaired) electrons. The van der Waals surface area contributed by atoms with Crippen LogP contribution in [-0.4, -0.2) is 27.4 Å². The Labute approximate surface area is 187 Å². The van der Waals surface area contributed by atoms with E-state index < -0.39 is 0 Å². The molecule has 0 aliphatic carbocycles. The van der Waals surface area contributed by atoms with Crippen molar-refractivity contribution in [1.82, 2.24) is 14.7 Å². The van der Waals surface area contributed by atoms with Crippen LogP contribution in [0, 0.1) is 6.92 Å². The predicted molar refractivity (Wildman–Crippen MR) is 121 cm³/mol. The van der Waals surface area contributed by atoms with Crippen molar-refractivity contribution in [3.8, 4) is 11.5 Å². The Morgan fingerprint density at radius 1 is 1.35 bits per heavy atom. The minimum Gasteiger partial charge on any atom is -0.461 e. The maximum atomic E-state index is 13.5. The third-order valence-corrected chi connectivity index (χ3v) is 7.56. The maximum Gasteiger partial charge on any atom is 0.263 e. The number of fused-ring (bicyclic) bond motifs is 1. The summed E-state index contributed by atoms with van der Waals surface area (Å²) in [5.41, 5.74) is 1.90. The number of thiophene rings is 1. The van der Waals surface area contributed by atoms with Crippen LogP contribution in [0.4, 0.5) is 0 Å². The highest BCUT2D eigenvalue weighted by Gasteiger charge is 2.23. The number of hydrogen-bond donors (Lipinski definition) is 0. The van der Waals surface area contributed by atoms with Gasteiger partial charge in [-0.05, 0) is 43.9 Å². The van der Waals surface area contributed by atoms with Gasteiger partial charge in [0, 0.05) is 23.3 Å². The van der Waals surface area contributed by atoms with E-state index in [1.807, 2.05) is 18.2 Å². The van der Waals surface area contributed by atoms with Crippen molar-refractivity contribution in [2.75, 3.05) is 6.61 Å². The molecule has 9 heteroatoms. The summed E-state index contributed by atoms with van der Waals surface area (Å²) >= 11 is 3.09. The van der Waals surface area contributed by atoms with Gasteiger partial charge in [-0.15, -0.1) is 11.3 Å². The molecule has 5 heterocycles. The van der Waals surface area contributed by atoms with Crippen molar-refractivity contribution in [3.05, 3.63) is 51.0 Å². The molecule has 1 aliphatic heterocycles. The van der Waals surface area contributed by atoms with E-state index in [9.17, 15) is 4.79 Å². The summed E-state index contributed by atoms with van der Waals surface area (Å²) in [6, 6.07) is 5.50. The van der Waals surface area contributed by atoms with Crippen molar-refractivity contribution in [2.45, 2.75) is 56.7 Å². The molecule has 1 atom stereocenters. The van der Waals surface area contributed by atoms with Crippen molar-refractivity contribution in [2.24, 2.45) is 0 Å². The molecule has 1 aliphatic rings. The number of hydrogen-bond acceptors (Lipinski definition) is 8. The van der Waals surface area contributed by atoms with E-state index in [1.165, 1.54) is 11.8 Å². The highest BCUT2D eigenvalue weighted by molar-refractivity contribution is 7.98. The largest absolute Gasteiger partial charge is 0.461 e. The molecule has 1 saturated heterocycles. The highest BCUT2D eigenvalue weighted by atomic mass is 32.2. The van der Waals surface area contributed by atoms with Gasteiger partial charge in [0.15, 0.2) is 10.9 Å². The number of aromatic nitrogens is 3. The lowest BCUT2D eigenvalue weighted by atomic mass is 10.1. The van der Waals surface area contributed by atoms with Crippen LogP contribution in [0.5, 0.6) is 0 Å². The second kappa shape index (κ2) is 8.64. The molecule has 162 valence electrons. The van der Waals surface area contributed by atoms with Gasteiger partial charge in [-0.25, -0.2) is 4.98 Å². The van der Waals surface area contributed by atoms with Crippen molar-refractivity contribution >= 4 is 33.3 Å². The Bertz CT molecular complexity index is 1250. The number of nitrogens with zero attached hydrogens (tertiary/aromatic N) is 3. The van der Waals surface area contributed by atoms with E-state index in [-0.39, 0.29) is 11.7 Å². The van der Waals surface area contributed by atoms with Crippen molar-refractivity contribution < 1.29 is 13.7 Å². The van der Waals surface area contributed by atoms with E-state index in [0.717, 1.165) is 52.2 Å². The van der Waals surface area contributed by atoms with Crippen LogP contribution in [-0.2, 0) is 23.5 Å². The summed E-state index contributed by atoms with van der Waals surface area (Å²) in [4.78, 5) is 20.4. The number of ether oxygens (including phenoxy) is 1. The standard InChI is InChI=1S/C22H23N3O4S2/c1-3-16-13(2)31-20-19(16)21(26)25(11-15-6-4-8-27-15)22(23-20)30-12-14-10-18(29-24-14)17-7-5-9-28-17/h5,7,9-10,15H,3-4,6,8,11-12H2,1-2H3. The summed E-state index contributed by atoms with van der Waals surface area (Å²) in [6.45, 7) is 5.43. The van der Waals surface area contributed by atoms with Crippen LogP contribution in [0.3, 0.4) is 0 Å². The molecule has 1 fully saturated rings. The van der Waals surface area contributed by atoms with Crippen LogP contribution < -0.4 is 5.56 Å². The molecule has 0 saturated carbocycles. The first kappa shape index (κ1) is 20.5. The zero-order valence-electron chi connectivity index (χ0n) is 17.4. The van der Waals surface area contributed by atoms with Gasteiger partial charge in [-0.3, -0.25) is 9.36 Å². The lowest BCUT2D eigenvalue weighted by Gasteiger charge is -2.15. The number of aryl methyl sites for hydroxylation is 2. The van der Waals surface area contributed by atoms with Crippen LogP contribution in [0.1, 0.15) is 35.9 Å². The summed E-state index contributed by atoms with van der Waals surface area (Å²) in [5, 5.41) is 5.60. The first-order chi connectivity index (χ1) is 15.1. The SMILES string of the molecule is CCc1c(C)sc2nc(SCc3cc(-c4ccco4)on3)n(CC3CCCO3)c(=O)c12. The molecule has 7 nitrogen and oxygen atoms in total. The van der Waals surface area contributed by atoms with Gasteiger partial charge in [-0.1, -0.05) is 23.8 Å². The molecule has 0 amide bonds. The second-order valence-electron chi connectivity index (χ2n) is 7.56. The molecule has 0 bridgehead atoms. The van der Waals surface area contributed by atoms with Gasteiger partial charge in [0.2, 0.25) is 5.76 Å². The Hall–Kier alpha value is -2.36. The molecule has 31 heavy (non-hydrogen) atoms. The fraction of sp³-hybridized carbons (Fsp3) is 0.409. The Morgan fingerprint density at radius 3 is 3.00 bits per heavy atom. The quantitative estimate of drug-likeness (QED) is 0.284. The van der Waals surface area contributed by atoms with Gasteiger partial charge >= 0.3 is 0 Å². The summed E-state index contributed by atoms with van der Waals surface area (Å²) in [5.74, 6) is 1.76. The Balaban J connectivity index is 1.48. The molecular weight excluding hydrogens is 434 g/mol. The Morgan fingerprint density at radius 2 is 2.26 bits per heavy atom. The van der Waals surface area contributed by atoms with Gasteiger partial charge in [0.05, 0.1) is 30.0 Å². The molecule has 0 aromatic carbocycles. The average molecular weight is 458 g/mol. The second-order valence-corrected chi connectivity index (χ2v) is 9.71. The van der Waals surface area contributed by atoms with Crippen molar-refractivity contribution in [1.29, 1.82) is 0 Å². The molecule has 1 unspecified atom stereocenters. The maximum absolute atomic E-state index is 13.5. The zero-order chi connectivity index (χ0) is 21.4. The van der Waals surface area contributed by atoms with E-state index >= 15 is 0 Å². The van der Waals surface area contributed by atoms with Crippen molar-refractivity contribution in [3.63, 3.8) is 0 Å².